The van der Waals surface area contributed by atoms with Gasteiger partial charge in [0.15, 0.2) is 0 Å². The summed E-state index contributed by atoms with van der Waals surface area (Å²) in [5, 5.41) is 2.74. The number of hydrogen-bond acceptors (Lipinski definition) is 3. The molecule has 114 valence electrons. The monoisotopic (exact) mass is 290 g/mol. The quantitative estimate of drug-likeness (QED) is 0.891. The third kappa shape index (κ3) is 4.21. The highest BCUT2D eigenvalue weighted by Crippen LogP contribution is 2.16. The van der Waals surface area contributed by atoms with Crippen molar-refractivity contribution in [1.29, 1.82) is 0 Å². The smallest absolute Gasteiger partial charge is 0.227 e. The second kappa shape index (κ2) is 7.11. The molecule has 0 bridgehead atoms. The highest BCUT2D eigenvalue weighted by molar-refractivity contribution is 5.83. The Bertz CT molecular complexity index is 506. The molecule has 1 aromatic rings. The van der Waals surface area contributed by atoms with E-state index in [4.69, 9.17) is 4.74 Å². The van der Waals surface area contributed by atoms with E-state index in [0.717, 1.165) is 11.3 Å². The Morgan fingerprint density at radius 1 is 1.43 bits per heavy atom. The molecule has 1 unspecified atom stereocenters. The molecule has 21 heavy (non-hydrogen) atoms. The maximum absolute atomic E-state index is 12.2. The van der Waals surface area contributed by atoms with Crippen LogP contribution >= 0.6 is 0 Å². The van der Waals surface area contributed by atoms with Gasteiger partial charge < -0.3 is 15.0 Å². The van der Waals surface area contributed by atoms with E-state index in [1.54, 1.807) is 11.9 Å². The molecule has 2 rings (SSSR count). The largest absolute Gasteiger partial charge is 0.491 e. The maximum Gasteiger partial charge on any atom is 0.227 e. The first-order valence-electron chi connectivity index (χ1n) is 7.28. The van der Waals surface area contributed by atoms with Crippen LogP contribution in [0.1, 0.15) is 18.4 Å². The SMILES string of the molecule is Cc1ccccc1OCCN(C)C(=O)C1CCC(=O)NC1. The second-order valence-electron chi connectivity index (χ2n) is 5.41. The van der Waals surface area contributed by atoms with Crippen molar-refractivity contribution in [2.75, 3.05) is 26.7 Å². The first-order chi connectivity index (χ1) is 10.1. The van der Waals surface area contributed by atoms with E-state index in [9.17, 15) is 9.59 Å². The summed E-state index contributed by atoms with van der Waals surface area (Å²) in [5.41, 5.74) is 1.08. The molecule has 1 aliphatic rings. The van der Waals surface area contributed by atoms with Gasteiger partial charge in [-0.15, -0.1) is 0 Å². The Balaban J connectivity index is 1.76. The number of carbonyl (C=O) groups is 2. The van der Waals surface area contributed by atoms with Crippen LogP contribution in [0.4, 0.5) is 0 Å². The van der Waals surface area contributed by atoms with Crippen LogP contribution in [-0.2, 0) is 9.59 Å². The molecule has 1 saturated heterocycles. The van der Waals surface area contributed by atoms with Gasteiger partial charge in [0.2, 0.25) is 11.8 Å². The van der Waals surface area contributed by atoms with E-state index in [-0.39, 0.29) is 17.7 Å². The molecular formula is C16H22N2O3. The summed E-state index contributed by atoms with van der Waals surface area (Å²) in [6.07, 6.45) is 1.07. The number of nitrogens with one attached hydrogen (secondary N) is 1. The molecule has 0 spiro atoms. The van der Waals surface area contributed by atoms with E-state index < -0.39 is 0 Å². The number of amides is 2. The average molecular weight is 290 g/mol. The molecule has 2 amide bonds. The van der Waals surface area contributed by atoms with Crippen LogP contribution in [0.2, 0.25) is 0 Å². The van der Waals surface area contributed by atoms with E-state index >= 15 is 0 Å². The van der Waals surface area contributed by atoms with Gasteiger partial charge in [-0.1, -0.05) is 18.2 Å². The molecule has 0 radical (unpaired) electrons. The van der Waals surface area contributed by atoms with Crippen molar-refractivity contribution in [1.82, 2.24) is 10.2 Å². The van der Waals surface area contributed by atoms with Gasteiger partial charge in [0.1, 0.15) is 12.4 Å². The van der Waals surface area contributed by atoms with Crippen LogP contribution in [0.15, 0.2) is 24.3 Å². The predicted octanol–water partition coefficient (Wildman–Crippen LogP) is 1.36. The summed E-state index contributed by atoms with van der Waals surface area (Å²) in [6.45, 7) is 3.44. The van der Waals surface area contributed by atoms with Crippen molar-refractivity contribution in [3.8, 4) is 5.75 Å². The summed E-state index contributed by atoms with van der Waals surface area (Å²) >= 11 is 0. The lowest BCUT2D eigenvalue weighted by Crippen LogP contribution is -2.44. The zero-order valence-corrected chi connectivity index (χ0v) is 12.6. The van der Waals surface area contributed by atoms with Crippen molar-refractivity contribution in [2.45, 2.75) is 19.8 Å². The topological polar surface area (TPSA) is 58.6 Å². The number of piperidine rings is 1. The third-order valence-electron chi connectivity index (χ3n) is 3.77. The van der Waals surface area contributed by atoms with Crippen LogP contribution in [0.3, 0.4) is 0 Å². The summed E-state index contributed by atoms with van der Waals surface area (Å²) < 4.78 is 5.70. The van der Waals surface area contributed by atoms with Crippen LogP contribution in [0, 0.1) is 12.8 Å². The Morgan fingerprint density at radius 3 is 2.86 bits per heavy atom. The summed E-state index contributed by atoms with van der Waals surface area (Å²) in [7, 11) is 1.78. The summed E-state index contributed by atoms with van der Waals surface area (Å²) in [5.74, 6) is 0.849. The minimum absolute atomic E-state index is 0.0320. The molecule has 0 saturated carbocycles. The molecule has 1 heterocycles. The first kappa shape index (κ1) is 15.4. The van der Waals surface area contributed by atoms with E-state index in [1.807, 2.05) is 31.2 Å². The van der Waals surface area contributed by atoms with Crippen molar-refractivity contribution in [2.24, 2.45) is 5.92 Å². The molecule has 1 N–H and O–H groups in total. The van der Waals surface area contributed by atoms with Gasteiger partial charge in [-0.2, -0.15) is 0 Å². The normalized spacial score (nSPS) is 18.0. The van der Waals surface area contributed by atoms with Gasteiger partial charge in [-0.25, -0.2) is 0 Å². The zero-order chi connectivity index (χ0) is 15.2. The molecule has 1 atom stereocenters. The Hall–Kier alpha value is -2.04. The third-order valence-corrected chi connectivity index (χ3v) is 3.77. The molecule has 1 aromatic carbocycles. The summed E-state index contributed by atoms with van der Waals surface area (Å²) in [6, 6.07) is 7.82. The van der Waals surface area contributed by atoms with Gasteiger partial charge in [0.25, 0.3) is 0 Å². The van der Waals surface area contributed by atoms with Crippen LogP contribution in [-0.4, -0.2) is 43.5 Å². The number of para-hydroxylation sites is 1. The molecule has 0 aliphatic carbocycles. The van der Waals surface area contributed by atoms with Gasteiger partial charge in [0, 0.05) is 20.0 Å². The standard InChI is InChI=1S/C16H22N2O3/c1-12-5-3-4-6-14(12)21-10-9-18(2)16(20)13-7-8-15(19)17-11-13/h3-6,13H,7-11H2,1-2H3,(H,17,19). The fourth-order valence-electron chi connectivity index (χ4n) is 2.38. The highest BCUT2D eigenvalue weighted by Gasteiger charge is 2.26. The average Bonchev–Trinajstić information content (AvgIpc) is 2.49. The number of hydrogen-bond donors (Lipinski definition) is 1. The van der Waals surface area contributed by atoms with Crippen molar-refractivity contribution in [3.05, 3.63) is 29.8 Å². The number of aryl methyl sites for hydroxylation is 1. The minimum Gasteiger partial charge on any atom is -0.491 e. The highest BCUT2D eigenvalue weighted by atomic mass is 16.5. The molecule has 5 nitrogen and oxygen atoms in total. The van der Waals surface area contributed by atoms with Crippen LogP contribution < -0.4 is 10.1 Å². The number of ether oxygens (including phenoxy) is 1. The maximum atomic E-state index is 12.2. The molecule has 1 aliphatic heterocycles. The van der Waals surface area contributed by atoms with Crippen molar-refractivity contribution < 1.29 is 14.3 Å². The first-order valence-corrected chi connectivity index (χ1v) is 7.28. The Morgan fingerprint density at radius 2 is 2.19 bits per heavy atom. The van der Waals surface area contributed by atoms with Crippen LogP contribution in [0.25, 0.3) is 0 Å². The van der Waals surface area contributed by atoms with Crippen molar-refractivity contribution >= 4 is 11.8 Å². The lowest BCUT2D eigenvalue weighted by Gasteiger charge is -2.26. The Labute approximate surface area is 125 Å². The molecule has 0 aromatic heterocycles. The fraction of sp³-hybridized carbons (Fsp3) is 0.500. The predicted molar refractivity (Wildman–Crippen MR) is 80.0 cm³/mol. The number of benzene rings is 1. The second-order valence-corrected chi connectivity index (χ2v) is 5.41. The molecule has 5 heteroatoms. The molecule has 1 fully saturated rings. The lowest BCUT2D eigenvalue weighted by molar-refractivity contribution is -0.136. The zero-order valence-electron chi connectivity index (χ0n) is 12.6. The lowest BCUT2D eigenvalue weighted by atomic mass is 9.98. The molecular weight excluding hydrogens is 268 g/mol. The van der Waals surface area contributed by atoms with Gasteiger partial charge in [-0.05, 0) is 25.0 Å². The van der Waals surface area contributed by atoms with E-state index in [1.165, 1.54) is 0 Å². The number of rotatable bonds is 5. The van der Waals surface area contributed by atoms with E-state index in [0.29, 0.717) is 32.5 Å². The van der Waals surface area contributed by atoms with Gasteiger partial charge >= 0.3 is 0 Å². The number of carbonyl (C=O) groups excluding carboxylic acids is 2. The summed E-state index contributed by atoms with van der Waals surface area (Å²) in [4.78, 5) is 25.0. The van der Waals surface area contributed by atoms with Gasteiger partial charge in [-0.3, -0.25) is 9.59 Å². The van der Waals surface area contributed by atoms with Crippen LogP contribution in [0.5, 0.6) is 5.75 Å². The fourth-order valence-corrected chi connectivity index (χ4v) is 2.38. The number of nitrogens with zero attached hydrogens (tertiary/aromatic N) is 1. The minimum atomic E-state index is -0.105. The Kier molecular flexibility index (Phi) is 5.20. The number of likely N-dealkylation sites (N-methyl/N-ethyl adjacent to an activating group) is 1. The van der Waals surface area contributed by atoms with E-state index in [2.05, 4.69) is 5.32 Å². The van der Waals surface area contributed by atoms with Gasteiger partial charge in [0.05, 0.1) is 12.5 Å². The van der Waals surface area contributed by atoms with Crippen molar-refractivity contribution in [3.63, 3.8) is 0 Å².